The first-order valence-corrected chi connectivity index (χ1v) is 8.02. The number of carbonyl (C=O) groups is 1. The number of benzene rings is 2. The van der Waals surface area contributed by atoms with Crippen molar-refractivity contribution in [3.05, 3.63) is 53.6 Å². The molecule has 0 bridgehead atoms. The third kappa shape index (κ3) is 5.50. The van der Waals surface area contributed by atoms with Gasteiger partial charge in [-0.1, -0.05) is 18.2 Å². The van der Waals surface area contributed by atoms with Gasteiger partial charge in [0.25, 0.3) is 0 Å². The van der Waals surface area contributed by atoms with Gasteiger partial charge < -0.3 is 20.3 Å². The van der Waals surface area contributed by atoms with E-state index in [1.54, 1.807) is 0 Å². The zero-order valence-electron chi connectivity index (χ0n) is 13.8. The average Bonchev–Trinajstić information content (AvgIpc) is 2.57. The van der Waals surface area contributed by atoms with Gasteiger partial charge in [-0.05, 0) is 55.2 Å². The molecule has 0 fully saturated rings. The van der Waals surface area contributed by atoms with Crippen LogP contribution in [0.25, 0.3) is 0 Å². The smallest absolute Gasteiger partial charge is 0.220 e. The third-order valence-electron chi connectivity index (χ3n) is 3.71. The van der Waals surface area contributed by atoms with Crippen LogP contribution in [-0.4, -0.2) is 29.3 Å². The summed E-state index contributed by atoms with van der Waals surface area (Å²) in [5.74, 6) is 0.520. The summed E-state index contributed by atoms with van der Waals surface area (Å²) in [5, 5.41) is 21.8. The van der Waals surface area contributed by atoms with Crippen LogP contribution in [0.2, 0.25) is 0 Å². The van der Waals surface area contributed by atoms with Crippen molar-refractivity contribution in [3.63, 3.8) is 0 Å². The summed E-state index contributed by atoms with van der Waals surface area (Å²) in [4.78, 5) is 11.8. The van der Waals surface area contributed by atoms with E-state index < -0.39 is 0 Å². The maximum Gasteiger partial charge on any atom is 0.220 e. The van der Waals surface area contributed by atoms with Gasteiger partial charge in [0.2, 0.25) is 5.91 Å². The number of para-hydroxylation sites is 1. The first-order chi connectivity index (χ1) is 11.6. The summed E-state index contributed by atoms with van der Waals surface area (Å²) < 4.78 is 5.54. The van der Waals surface area contributed by atoms with Crippen molar-refractivity contribution >= 4 is 5.91 Å². The van der Waals surface area contributed by atoms with Gasteiger partial charge in [0.1, 0.15) is 5.75 Å². The number of nitrogens with one attached hydrogen (secondary N) is 1. The first-order valence-electron chi connectivity index (χ1n) is 8.02. The summed E-state index contributed by atoms with van der Waals surface area (Å²) in [6.45, 7) is 2.85. The highest BCUT2D eigenvalue weighted by molar-refractivity contribution is 5.75. The molecule has 24 heavy (non-hydrogen) atoms. The van der Waals surface area contributed by atoms with E-state index in [0.717, 1.165) is 16.9 Å². The molecule has 5 heteroatoms. The fourth-order valence-corrected chi connectivity index (χ4v) is 2.36. The number of hydrogen-bond acceptors (Lipinski definition) is 4. The zero-order chi connectivity index (χ0) is 17.4. The second-order valence-corrected chi connectivity index (χ2v) is 5.63. The van der Waals surface area contributed by atoms with Crippen LogP contribution in [0.4, 0.5) is 0 Å². The molecule has 0 aliphatic carbocycles. The largest absolute Gasteiger partial charge is 0.504 e. The van der Waals surface area contributed by atoms with E-state index in [4.69, 9.17) is 4.74 Å². The van der Waals surface area contributed by atoms with Crippen molar-refractivity contribution in [1.82, 2.24) is 5.32 Å². The van der Waals surface area contributed by atoms with Crippen LogP contribution in [0.15, 0.2) is 42.5 Å². The van der Waals surface area contributed by atoms with Crippen LogP contribution in [0.3, 0.4) is 0 Å². The summed E-state index contributed by atoms with van der Waals surface area (Å²) in [5.41, 5.74) is 1.79. The molecule has 0 aliphatic heterocycles. The van der Waals surface area contributed by atoms with E-state index in [1.807, 2.05) is 37.3 Å². The highest BCUT2D eigenvalue weighted by Crippen LogP contribution is 2.28. The number of phenols is 2. The number of aryl methyl sites for hydroxylation is 1. The van der Waals surface area contributed by atoms with Crippen molar-refractivity contribution in [2.45, 2.75) is 26.2 Å². The quantitative estimate of drug-likeness (QED) is 0.514. The summed E-state index contributed by atoms with van der Waals surface area (Å²) in [6, 6.07) is 12.6. The van der Waals surface area contributed by atoms with Crippen LogP contribution in [0.1, 0.15) is 24.0 Å². The van der Waals surface area contributed by atoms with Crippen molar-refractivity contribution in [2.75, 3.05) is 13.2 Å². The number of hydrogen-bond donors (Lipinski definition) is 3. The van der Waals surface area contributed by atoms with Crippen molar-refractivity contribution in [3.8, 4) is 17.2 Å². The van der Waals surface area contributed by atoms with Crippen LogP contribution in [-0.2, 0) is 11.2 Å². The van der Waals surface area contributed by atoms with Gasteiger partial charge in [0.05, 0.1) is 6.61 Å². The molecular formula is C19H23NO4. The Morgan fingerprint density at radius 1 is 1.12 bits per heavy atom. The Morgan fingerprint density at radius 2 is 1.83 bits per heavy atom. The molecule has 5 nitrogen and oxygen atoms in total. The van der Waals surface area contributed by atoms with Crippen molar-refractivity contribution in [1.29, 1.82) is 0 Å². The highest BCUT2D eigenvalue weighted by Gasteiger charge is 2.06. The fourth-order valence-electron chi connectivity index (χ4n) is 2.36. The summed E-state index contributed by atoms with van der Waals surface area (Å²) in [7, 11) is 0. The maximum atomic E-state index is 11.8. The topological polar surface area (TPSA) is 78.8 Å². The van der Waals surface area contributed by atoms with Gasteiger partial charge >= 0.3 is 0 Å². The lowest BCUT2D eigenvalue weighted by molar-refractivity contribution is -0.121. The Bertz CT molecular complexity index is 671. The number of carbonyl (C=O) groups excluding carboxylic acids is 1. The lowest BCUT2D eigenvalue weighted by atomic mass is 10.0. The zero-order valence-corrected chi connectivity index (χ0v) is 13.8. The predicted octanol–water partition coefficient (Wildman–Crippen LogP) is 2.92. The molecule has 2 rings (SSSR count). The normalized spacial score (nSPS) is 10.4. The summed E-state index contributed by atoms with van der Waals surface area (Å²) >= 11 is 0. The molecule has 0 heterocycles. The molecule has 3 N–H and O–H groups in total. The fraction of sp³-hybridized carbons (Fsp3) is 0.316. The molecule has 0 aliphatic rings. The monoisotopic (exact) mass is 329 g/mol. The second kappa shape index (κ2) is 8.82. The lowest BCUT2D eigenvalue weighted by Crippen LogP contribution is -2.26. The van der Waals surface area contributed by atoms with Crippen molar-refractivity contribution < 1.29 is 19.7 Å². The number of amides is 1. The van der Waals surface area contributed by atoms with Gasteiger partial charge in [-0.15, -0.1) is 0 Å². The Labute approximate surface area is 141 Å². The Hall–Kier alpha value is -2.69. The van der Waals surface area contributed by atoms with E-state index in [-0.39, 0.29) is 17.4 Å². The number of phenolic OH excluding ortho intramolecular Hbond substituents is 2. The van der Waals surface area contributed by atoms with Crippen LogP contribution < -0.4 is 10.1 Å². The van der Waals surface area contributed by atoms with E-state index in [2.05, 4.69) is 5.32 Å². The van der Waals surface area contributed by atoms with Gasteiger partial charge in [-0.25, -0.2) is 0 Å². The molecule has 0 unspecified atom stereocenters. The standard InChI is InChI=1S/C19H23NO4/c1-14-12-17(21)18(22)13-15(14)9-10-20-19(23)8-5-11-24-16-6-3-2-4-7-16/h2-4,6-7,12-13,21-22H,5,8-11H2,1H3,(H,20,23). The minimum Gasteiger partial charge on any atom is -0.504 e. The van der Waals surface area contributed by atoms with E-state index in [9.17, 15) is 15.0 Å². The molecule has 0 saturated carbocycles. The molecule has 0 radical (unpaired) electrons. The van der Waals surface area contributed by atoms with Gasteiger partial charge in [-0.2, -0.15) is 0 Å². The molecule has 128 valence electrons. The minimum atomic E-state index is -0.139. The van der Waals surface area contributed by atoms with Gasteiger partial charge in [0.15, 0.2) is 11.5 Å². The van der Waals surface area contributed by atoms with Crippen LogP contribution in [0, 0.1) is 6.92 Å². The molecule has 0 saturated heterocycles. The highest BCUT2D eigenvalue weighted by atomic mass is 16.5. The van der Waals surface area contributed by atoms with E-state index >= 15 is 0 Å². The van der Waals surface area contributed by atoms with Gasteiger partial charge in [-0.3, -0.25) is 4.79 Å². The molecule has 2 aromatic rings. The predicted molar refractivity (Wildman–Crippen MR) is 92.4 cm³/mol. The molecule has 1 amide bonds. The molecule has 2 aromatic carbocycles. The van der Waals surface area contributed by atoms with E-state index in [1.165, 1.54) is 12.1 Å². The minimum absolute atomic E-state index is 0.0210. The Balaban J connectivity index is 1.64. The summed E-state index contributed by atoms with van der Waals surface area (Å²) in [6.07, 6.45) is 1.67. The van der Waals surface area contributed by atoms with Crippen LogP contribution >= 0.6 is 0 Å². The number of rotatable bonds is 8. The molecular weight excluding hydrogens is 306 g/mol. The SMILES string of the molecule is Cc1cc(O)c(O)cc1CCNC(=O)CCCOc1ccccc1. The Morgan fingerprint density at radius 3 is 2.58 bits per heavy atom. The first kappa shape index (κ1) is 17.7. The number of ether oxygens (including phenoxy) is 1. The van der Waals surface area contributed by atoms with Crippen LogP contribution in [0.5, 0.6) is 17.2 Å². The lowest BCUT2D eigenvalue weighted by Gasteiger charge is -2.09. The third-order valence-corrected chi connectivity index (χ3v) is 3.71. The van der Waals surface area contributed by atoms with Crippen molar-refractivity contribution in [2.24, 2.45) is 0 Å². The average molecular weight is 329 g/mol. The second-order valence-electron chi connectivity index (χ2n) is 5.63. The molecule has 0 aromatic heterocycles. The van der Waals surface area contributed by atoms with E-state index in [0.29, 0.717) is 32.4 Å². The number of aromatic hydroxyl groups is 2. The van der Waals surface area contributed by atoms with Gasteiger partial charge in [0, 0.05) is 13.0 Å². The molecule has 0 spiro atoms. The maximum absolute atomic E-state index is 11.8. The Kier molecular flexibility index (Phi) is 6.49. The molecule has 0 atom stereocenters.